The van der Waals surface area contributed by atoms with E-state index >= 15 is 0 Å². The Balaban J connectivity index is -0.0000000184. The van der Waals surface area contributed by atoms with Gasteiger partial charge in [-0.2, -0.15) is 0 Å². The molecule has 0 aromatic carbocycles. The molecule has 0 aromatic rings. The first-order chi connectivity index (χ1) is 5.20. The van der Waals surface area contributed by atoms with Crippen molar-refractivity contribution in [3.05, 3.63) is 0 Å². The summed E-state index contributed by atoms with van der Waals surface area (Å²) in [6.45, 7) is 0. The van der Waals surface area contributed by atoms with Crippen molar-refractivity contribution in [3.8, 4) is 0 Å². The van der Waals surface area contributed by atoms with Crippen LogP contribution in [0, 0.1) is 0 Å². The molecule has 0 rings (SSSR count). The van der Waals surface area contributed by atoms with Gasteiger partial charge in [-0.1, -0.05) is 0 Å². The van der Waals surface area contributed by atoms with E-state index in [4.69, 9.17) is 45.0 Å². The van der Waals surface area contributed by atoms with Gasteiger partial charge in [0, 0.05) is 0 Å². The van der Waals surface area contributed by atoms with E-state index in [9.17, 15) is 0 Å². The van der Waals surface area contributed by atoms with E-state index in [-0.39, 0.29) is 40.2 Å². The number of rotatable bonds is 0. The second-order valence-electron chi connectivity index (χ2n) is 0.848. The van der Waals surface area contributed by atoms with Gasteiger partial charge in [0.05, 0.1) is 0 Å². The van der Waals surface area contributed by atoms with E-state index in [0.29, 0.717) is 0 Å². The zero-order valence-corrected chi connectivity index (χ0v) is 5.91. The minimum absolute atomic E-state index is 0. The molecule has 0 aliphatic rings. The Morgan fingerprint density at radius 2 is 0.533 bits per heavy atom. The van der Waals surface area contributed by atoms with Crippen LogP contribution in [0.25, 0.3) is 0 Å². The van der Waals surface area contributed by atoms with E-state index < -0.39 is 18.5 Å². The van der Waals surface area contributed by atoms with E-state index in [2.05, 4.69) is 0 Å². The highest BCUT2D eigenvalue weighted by molar-refractivity contribution is 5.76. The van der Waals surface area contributed by atoms with Crippen molar-refractivity contribution in [1.29, 1.82) is 0 Å². The van der Waals surface area contributed by atoms with Gasteiger partial charge in [0.15, 0.2) is 34.7 Å². The van der Waals surface area contributed by atoms with Crippen LogP contribution in [0.4, 0.5) is 14.4 Å². The monoisotopic (exact) mass is 264 g/mol. The second kappa shape index (κ2) is 29.3. The minimum Gasteiger partial charge on any atom is -0.450 e. The largest absolute Gasteiger partial charge is 0.503 e. The summed E-state index contributed by atoms with van der Waals surface area (Å²) in [5.41, 5.74) is 0. The van der Waals surface area contributed by atoms with Crippen LogP contribution in [-0.4, -0.2) is 89.3 Å². The van der Waals surface area contributed by atoms with Crippen molar-refractivity contribution in [3.63, 3.8) is 0 Å². The fraction of sp³-hybridized carbons (Fsp3) is 0. The topological polar surface area (TPSA) is 204 Å². The third-order valence-corrected chi connectivity index (χ3v) is 0. The number of carbonyl (C=O) groups is 3. The van der Waals surface area contributed by atoms with Crippen LogP contribution in [0.15, 0.2) is 0 Å². The van der Waals surface area contributed by atoms with Gasteiger partial charge in [-0.3, -0.25) is 0 Å². The zero-order chi connectivity index (χ0) is 10.7. The lowest BCUT2D eigenvalue weighted by atomic mass is 11.5. The van der Waals surface area contributed by atoms with Gasteiger partial charge in [0.2, 0.25) is 0 Å². The first-order valence-electron chi connectivity index (χ1n) is 1.95. The molecular formula is C3H14Al2O10. The van der Waals surface area contributed by atoms with Gasteiger partial charge in [-0.15, -0.1) is 0 Å². The van der Waals surface area contributed by atoms with Gasteiger partial charge < -0.3 is 36.1 Å². The molecule has 92 valence electrons. The average Bonchev–Trinajstić information content (AvgIpc) is 1.54. The molecule has 0 atom stereocenters. The minimum atomic E-state index is -1.83. The maximum atomic E-state index is 8.56. The Bertz CT molecular complexity index is 116. The molecule has 0 fully saturated rings. The summed E-state index contributed by atoms with van der Waals surface area (Å²) in [5, 5.41) is 41.8. The Kier molecular flexibility index (Phi) is 72.5. The Hall–Kier alpha value is -1.17. The predicted molar refractivity (Wildman–Crippen MR) is 55.5 cm³/mol. The molecule has 12 heteroatoms. The standard InChI is InChI=1S/3CH2O3.2Al.H2O.6H/c3*2-1(3)4;;;;;;;;;/h3*(H2,2,3,4);;;1H2;;;;;;. The molecule has 0 spiro atoms. The SMILES string of the molecule is O.O=C(O)O.O=C(O)O.O=C(O)O.[AlH3].[AlH3]. The number of hydrogen-bond acceptors (Lipinski definition) is 3. The molecule has 0 aromatic heterocycles. The van der Waals surface area contributed by atoms with E-state index in [1.165, 1.54) is 0 Å². The fourth-order valence-electron chi connectivity index (χ4n) is 0. The summed E-state index contributed by atoms with van der Waals surface area (Å²) in [5.74, 6) is 0. The molecule has 0 unspecified atom stereocenters. The Morgan fingerprint density at radius 1 is 0.533 bits per heavy atom. The predicted octanol–water partition coefficient (Wildman–Crippen LogP) is -2.53. The fourth-order valence-corrected chi connectivity index (χ4v) is 0. The van der Waals surface area contributed by atoms with E-state index in [1.54, 1.807) is 0 Å². The molecule has 0 aliphatic heterocycles. The summed E-state index contributed by atoms with van der Waals surface area (Å²) < 4.78 is 0. The second-order valence-corrected chi connectivity index (χ2v) is 0.848. The van der Waals surface area contributed by atoms with Gasteiger partial charge in [0.1, 0.15) is 0 Å². The lowest BCUT2D eigenvalue weighted by Gasteiger charge is -1.60. The van der Waals surface area contributed by atoms with Crippen molar-refractivity contribution in [2.75, 3.05) is 0 Å². The molecule has 0 saturated heterocycles. The zero-order valence-electron chi connectivity index (χ0n) is 5.91. The molecule has 0 amide bonds. The van der Waals surface area contributed by atoms with Crippen molar-refractivity contribution in [1.82, 2.24) is 0 Å². The van der Waals surface area contributed by atoms with Crippen molar-refractivity contribution >= 4 is 53.2 Å². The summed E-state index contributed by atoms with van der Waals surface area (Å²) in [7, 11) is 0. The first-order valence-corrected chi connectivity index (χ1v) is 1.95. The quantitative estimate of drug-likeness (QED) is 0.255. The molecule has 15 heavy (non-hydrogen) atoms. The Labute approximate surface area is 104 Å². The third-order valence-electron chi connectivity index (χ3n) is 0. The van der Waals surface area contributed by atoms with E-state index in [0.717, 1.165) is 0 Å². The Morgan fingerprint density at radius 3 is 0.533 bits per heavy atom. The molecule has 0 heterocycles. The van der Waals surface area contributed by atoms with Gasteiger partial charge in [0.25, 0.3) is 0 Å². The highest BCUT2D eigenvalue weighted by Crippen LogP contribution is 1.43. The third kappa shape index (κ3) is 1110. The molecule has 0 aliphatic carbocycles. The maximum absolute atomic E-state index is 8.56. The maximum Gasteiger partial charge on any atom is 0.503 e. The molecular weight excluding hydrogens is 250 g/mol. The van der Waals surface area contributed by atoms with Gasteiger partial charge in [-0.05, 0) is 0 Å². The van der Waals surface area contributed by atoms with Crippen molar-refractivity contribution in [2.45, 2.75) is 0 Å². The molecule has 0 bridgehead atoms. The van der Waals surface area contributed by atoms with Crippen LogP contribution in [0.2, 0.25) is 0 Å². The number of hydrogen-bond donors (Lipinski definition) is 6. The smallest absolute Gasteiger partial charge is 0.450 e. The average molecular weight is 264 g/mol. The summed E-state index contributed by atoms with van der Waals surface area (Å²) in [6.07, 6.45) is -5.50. The lowest BCUT2D eigenvalue weighted by molar-refractivity contribution is 0.135. The van der Waals surface area contributed by atoms with Crippen molar-refractivity contribution in [2.24, 2.45) is 0 Å². The summed E-state index contributed by atoms with van der Waals surface area (Å²) >= 11 is 0. The van der Waals surface area contributed by atoms with Crippen LogP contribution in [0.1, 0.15) is 0 Å². The van der Waals surface area contributed by atoms with Gasteiger partial charge >= 0.3 is 18.5 Å². The highest BCUT2D eigenvalue weighted by atomic mass is 27.0. The van der Waals surface area contributed by atoms with Crippen LogP contribution >= 0.6 is 0 Å². The van der Waals surface area contributed by atoms with Crippen molar-refractivity contribution < 1.29 is 50.5 Å². The highest BCUT2D eigenvalue weighted by Gasteiger charge is 1.70. The van der Waals surface area contributed by atoms with Crippen LogP contribution < -0.4 is 0 Å². The molecule has 0 radical (unpaired) electrons. The number of carboxylic acid groups (broad SMARTS) is 6. The molecule has 0 saturated carbocycles. The molecule has 10 nitrogen and oxygen atoms in total. The molecule has 8 N–H and O–H groups in total. The van der Waals surface area contributed by atoms with Gasteiger partial charge in [-0.25, -0.2) is 14.4 Å². The normalized spacial score (nSPS) is 4.80. The summed E-state index contributed by atoms with van der Waals surface area (Å²) in [4.78, 5) is 25.7. The van der Waals surface area contributed by atoms with Crippen LogP contribution in [-0.2, 0) is 0 Å². The lowest BCUT2D eigenvalue weighted by Crippen LogP contribution is -1.81. The van der Waals surface area contributed by atoms with E-state index in [1.807, 2.05) is 0 Å². The first kappa shape index (κ1) is 37.1. The van der Waals surface area contributed by atoms with Crippen LogP contribution in [0.3, 0.4) is 0 Å². The van der Waals surface area contributed by atoms with Crippen LogP contribution in [0.5, 0.6) is 0 Å². The summed E-state index contributed by atoms with van der Waals surface area (Å²) in [6, 6.07) is 0.